The first-order valence-corrected chi connectivity index (χ1v) is 9.48. The number of piperidine rings is 1. The number of hydrogen-bond acceptors (Lipinski definition) is 5. The molecule has 9 heteroatoms. The van der Waals surface area contributed by atoms with E-state index in [0.29, 0.717) is 38.4 Å². The third kappa shape index (κ3) is 5.31. The molecule has 1 atom stereocenters. The number of anilines is 1. The molecule has 0 bridgehead atoms. The fourth-order valence-corrected chi connectivity index (χ4v) is 3.83. The van der Waals surface area contributed by atoms with Gasteiger partial charge in [0.15, 0.2) is 0 Å². The summed E-state index contributed by atoms with van der Waals surface area (Å²) in [6.45, 7) is 2.32. The number of carbonyl (C=O) groups is 1. The van der Waals surface area contributed by atoms with Gasteiger partial charge in [-0.15, -0.1) is 0 Å². The van der Waals surface area contributed by atoms with E-state index in [1.807, 2.05) is 4.90 Å². The zero-order valence-corrected chi connectivity index (χ0v) is 15.5. The van der Waals surface area contributed by atoms with Gasteiger partial charge < -0.3 is 15.1 Å². The molecular formula is C18H26F3N5O. The van der Waals surface area contributed by atoms with Gasteiger partial charge in [0, 0.05) is 37.8 Å². The first-order chi connectivity index (χ1) is 12.8. The van der Waals surface area contributed by atoms with Crippen molar-refractivity contribution in [3.8, 4) is 0 Å². The molecule has 2 fully saturated rings. The average Bonchev–Trinajstić information content (AvgIpc) is 3.05. The van der Waals surface area contributed by atoms with E-state index >= 15 is 0 Å². The third-order valence-corrected chi connectivity index (χ3v) is 5.49. The van der Waals surface area contributed by atoms with Crippen molar-refractivity contribution >= 4 is 11.9 Å². The number of hydrogen-bond donors (Lipinski definition) is 1. The molecule has 3 heterocycles. The summed E-state index contributed by atoms with van der Waals surface area (Å²) in [4.78, 5) is 24.0. The number of halogens is 3. The van der Waals surface area contributed by atoms with Crippen molar-refractivity contribution in [2.45, 2.75) is 56.8 Å². The number of rotatable bonds is 5. The predicted molar refractivity (Wildman–Crippen MR) is 95.1 cm³/mol. The number of aromatic nitrogens is 2. The van der Waals surface area contributed by atoms with Crippen LogP contribution >= 0.6 is 0 Å². The van der Waals surface area contributed by atoms with E-state index in [1.54, 1.807) is 0 Å². The van der Waals surface area contributed by atoms with Crippen LogP contribution < -0.4 is 5.32 Å². The highest BCUT2D eigenvalue weighted by molar-refractivity contribution is 5.76. The number of carbonyl (C=O) groups excluding carboxylic acids is 1. The van der Waals surface area contributed by atoms with E-state index < -0.39 is 11.9 Å². The zero-order valence-electron chi connectivity index (χ0n) is 15.5. The molecule has 0 radical (unpaired) electrons. The molecule has 1 amide bonds. The Balaban J connectivity index is 1.44. The molecule has 2 saturated heterocycles. The van der Waals surface area contributed by atoms with Crippen LogP contribution in [0.25, 0.3) is 0 Å². The Morgan fingerprint density at radius 3 is 2.63 bits per heavy atom. The lowest BCUT2D eigenvalue weighted by atomic mass is 10.0. The van der Waals surface area contributed by atoms with Gasteiger partial charge in [0.1, 0.15) is 5.69 Å². The van der Waals surface area contributed by atoms with Crippen molar-refractivity contribution in [3.63, 3.8) is 0 Å². The summed E-state index contributed by atoms with van der Waals surface area (Å²) in [5.74, 6) is 0.156. The van der Waals surface area contributed by atoms with E-state index in [4.69, 9.17) is 0 Å². The normalized spacial score (nSPS) is 22.2. The number of alkyl halides is 3. The third-order valence-electron chi connectivity index (χ3n) is 5.49. The van der Waals surface area contributed by atoms with Crippen LogP contribution in [0.15, 0.2) is 12.3 Å². The molecule has 150 valence electrons. The van der Waals surface area contributed by atoms with Crippen LogP contribution in [0.5, 0.6) is 0 Å². The van der Waals surface area contributed by atoms with Crippen LogP contribution in [0.2, 0.25) is 0 Å². The molecule has 1 N–H and O–H groups in total. The monoisotopic (exact) mass is 385 g/mol. The Morgan fingerprint density at radius 2 is 2.00 bits per heavy atom. The van der Waals surface area contributed by atoms with E-state index in [9.17, 15) is 18.0 Å². The Hall–Kier alpha value is -1.90. The molecule has 6 nitrogen and oxygen atoms in total. The quantitative estimate of drug-likeness (QED) is 0.845. The second kappa shape index (κ2) is 8.41. The van der Waals surface area contributed by atoms with E-state index in [2.05, 4.69) is 27.2 Å². The van der Waals surface area contributed by atoms with Gasteiger partial charge in [0.05, 0.1) is 0 Å². The van der Waals surface area contributed by atoms with Crippen molar-refractivity contribution in [2.75, 3.05) is 32.0 Å². The maximum Gasteiger partial charge on any atom is 0.433 e. The standard InChI is InChI=1S/C18H26F3N5O/c1-25-10-2-3-14(25)4-5-16(27)26-11-7-13(8-12-26)23-17-22-9-6-15(24-17)18(19,20)21/h6,9,13-14H,2-5,7-8,10-12H2,1H3,(H,22,23,24). The van der Waals surface area contributed by atoms with Gasteiger partial charge in [-0.25, -0.2) is 9.97 Å². The minimum absolute atomic E-state index is 0.0149. The fraction of sp³-hybridized carbons (Fsp3) is 0.722. The molecule has 0 saturated carbocycles. The number of amides is 1. The van der Waals surface area contributed by atoms with Crippen LogP contribution in [0.4, 0.5) is 19.1 Å². The van der Waals surface area contributed by atoms with Gasteiger partial charge in [0.2, 0.25) is 11.9 Å². The highest BCUT2D eigenvalue weighted by Crippen LogP contribution is 2.28. The maximum atomic E-state index is 12.7. The number of likely N-dealkylation sites (tertiary alicyclic amines) is 2. The van der Waals surface area contributed by atoms with Crippen LogP contribution in [0.3, 0.4) is 0 Å². The second-order valence-corrected chi connectivity index (χ2v) is 7.38. The van der Waals surface area contributed by atoms with Crippen molar-refractivity contribution in [1.29, 1.82) is 0 Å². The van der Waals surface area contributed by atoms with Crippen molar-refractivity contribution < 1.29 is 18.0 Å². The summed E-state index contributed by atoms with van der Waals surface area (Å²) in [5.41, 5.74) is -0.954. The highest BCUT2D eigenvalue weighted by Gasteiger charge is 2.33. The molecule has 0 spiro atoms. The molecule has 0 aliphatic carbocycles. The smallest absolute Gasteiger partial charge is 0.351 e. The van der Waals surface area contributed by atoms with Crippen molar-refractivity contribution in [1.82, 2.24) is 19.8 Å². The molecule has 1 aromatic rings. The Kier molecular flexibility index (Phi) is 6.18. The SMILES string of the molecule is CN1CCCC1CCC(=O)N1CCC(Nc2nccc(C(F)(F)F)n2)CC1. The van der Waals surface area contributed by atoms with E-state index in [1.165, 1.54) is 6.42 Å². The van der Waals surface area contributed by atoms with Crippen molar-refractivity contribution in [2.24, 2.45) is 0 Å². The molecule has 1 unspecified atom stereocenters. The van der Waals surface area contributed by atoms with Gasteiger partial charge in [-0.3, -0.25) is 4.79 Å². The average molecular weight is 385 g/mol. The Labute approximate surface area is 157 Å². The summed E-state index contributed by atoms with van der Waals surface area (Å²) in [6.07, 6.45) is 1.79. The maximum absolute atomic E-state index is 12.7. The van der Waals surface area contributed by atoms with Gasteiger partial charge in [-0.05, 0) is 51.8 Å². The highest BCUT2D eigenvalue weighted by atomic mass is 19.4. The second-order valence-electron chi connectivity index (χ2n) is 7.38. The van der Waals surface area contributed by atoms with Gasteiger partial charge in [0.25, 0.3) is 0 Å². The summed E-state index contributed by atoms with van der Waals surface area (Å²) in [7, 11) is 2.11. The molecule has 2 aliphatic heterocycles. The summed E-state index contributed by atoms with van der Waals surface area (Å²) < 4.78 is 38.2. The predicted octanol–water partition coefficient (Wildman–Crippen LogP) is 2.77. The zero-order chi connectivity index (χ0) is 19.4. The molecular weight excluding hydrogens is 359 g/mol. The van der Waals surface area contributed by atoms with E-state index in [-0.39, 0.29) is 17.9 Å². The van der Waals surface area contributed by atoms with Crippen LogP contribution in [0, 0.1) is 0 Å². The number of nitrogens with one attached hydrogen (secondary N) is 1. The molecule has 1 aromatic heterocycles. The summed E-state index contributed by atoms with van der Waals surface area (Å²) in [6, 6.07) is 1.33. The Bertz CT molecular complexity index is 646. The van der Waals surface area contributed by atoms with Crippen LogP contribution in [-0.4, -0.2) is 64.4 Å². The topological polar surface area (TPSA) is 61.4 Å². The summed E-state index contributed by atoms with van der Waals surface area (Å²) in [5, 5.41) is 2.97. The van der Waals surface area contributed by atoms with Gasteiger partial charge >= 0.3 is 6.18 Å². The fourth-order valence-electron chi connectivity index (χ4n) is 3.83. The lowest BCUT2D eigenvalue weighted by molar-refractivity contribution is -0.141. The lowest BCUT2D eigenvalue weighted by Crippen LogP contribution is -2.43. The van der Waals surface area contributed by atoms with Crippen LogP contribution in [0.1, 0.15) is 44.2 Å². The Morgan fingerprint density at radius 1 is 1.26 bits per heavy atom. The van der Waals surface area contributed by atoms with Gasteiger partial charge in [-0.2, -0.15) is 13.2 Å². The first kappa shape index (κ1) is 19.9. The first-order valence-electron chi connectivity index (χ1n) is 9.48. The lowest BCUT2D eigenvalue weighted by Gasteiger charge is -2.33. The van der Waals surface area contributed by atoms with Crippen molar-refractivity contribution in [3.05, 3.63) is 18.0 Å². The minimum atomic E-state index is -4.48. The van der Waals surface area contributed by atoms with E-state index in [0.717, 1.165) is 31.6 Å². The molecule has 3 rings (SSSR count). The van der Waals surface area contributed by atoms with Gasteiger partial charge in [-0.1, -0.05) is 0 Å². The molecule has 27 heavy (non-hydrogen) atoms. The van der Waals surface area contributed by atoms with Crippen LogP contribution in [-0.2, 0) is 11.0 Å². The number of nitrogens with zero attached hydrogens (tertiary/aromatic N) is 4. The molecule has 0 aromatic carbocycles. The molecule has 2 aliphatic rings. The summed E-state index contributed by atoms with van der Waals surface area (Å²) >= 11 is 0. The largest absolute Gasteiger partial charge is 0.433 e. The minimum Gasteiger partial charge on any atom is -0.351 e.